The van der Waals surface area contributed by atoms with Gasteiger partial charge in [-0.1, -0.05) is 18.5 Å². The Kier molecular flexibility index (Phi) is 4.82. The summed E-state index contributed by atoms with van der Waals surface area (Å²) in [6.45, 7) is 3.57. The van der Waals surface area contributed by atoms with Crippen LogP contribution in [0.3, 0.4) is 0 Å². The number of Topliss-reactive ketones (excluding diaryl/α,β-unsaturated/α-hetero) is 1. The standard InChI is InChI=1S/C13H17ClO3/c1-5-10-9(6-8(2)15)7-11(14)13(17-4)12(10)16-3/h7H,5-6H2,1-4H3. The Morgan fingerprint density at radius 1 is 1.29 bits per heavy atom. The number of hydrogen-bond donors (Lipinski definition) is 0. The summed E-state index contributed by atoms with van der Waals surface area (Å²) >= 11 is 6.11. The molecule has 0 N–H and O–H groups in total. The second kappa shape index (κ2) is 5.92. The van der Waals surface area contributed by atoms with Gasteiger partial charge in [0.05, 0.1) is 19.2 Å². The van der Waals surface area contributed by atoms with Crippen LogP contribution in [0.5, 0.6) is 11.5 Å². The molecule has 0 aliphatic carbocycles. The highest BCUT2D eigenvalue weighted by molar-refractivity contribution is 6.32. The van der Waals surface area contributed by atoms with Crippen LogP contribution in [-0.2, 0) is 17.6 Å². The summed E-state index contributed by atoms with van der Waals surface area (Å²) in [6.07, 6.45) is 1.13. The van der Waals surface area contributed by atoms with Gasteiger partial charge in [-0.2, -0.15) is 0 Å². The van der Waals surface area contributed by atoms with Gasteiger partial charge in [0.1, 0.15) is 5.78 Å². The lowest BCUT2D eigenvalue weighted by molar-refractivity contribution is -0.116. The minimum absolute atomic E-state index is 0.1000. The minimum Gasteiger partial charge on any atom is -0.493 e. The van der Waals surface area contributed by atoms with Gasteiger partial charge in [-0.25, -0.2) is 0 Å². The Labute approximate surface area is 107 Å². The first-order valence-corrected chi connectivity index (χ1v) is 5.84. The molecule has 0 saturated heterocycles. The molecule has 0 unspecified atom stereocenters. The molecule has 0 aromatic heterocycles. The maximum atomic E-state index is 11.2. The molecule has 0 spiro atoms. The summed E-state index contributed by atoms with van der Waals surface area (Å²) in [5, 5.41) is 0.470. The van der Waals surface area contributed by atoms with Crippen LogP contribution in [0.2, 0.25) is 5.02 Å². The first kappa shape index (κ1) is 13.8. The van der Waals surface area contributed by atoms with E-state index >= 15 is 0 Å². The van der Waals surface area contributed by atoms with Crippen LogP contribution >= 0.6 is 11.6 Å². The maximum absolute atomic E-state index is 11.2. The van der Waals surface area contributed by atoms with E-state index in [1.165, 1.54) is 0 Å². The first-order valence-electron chi connectivity index (χ1n) is 5.46. The van der Waals surface area contributed by atoms with E-state index in [0.717, 1.165) is 17.5 Å². The van der Waals surface area contributed by atoms with Crippen LogP contribution in [0.1, 0.15) is 25.0 Å². The van der Waals surface area contributed by atoms with Crippen molar-refractivity contribution < 1.29 is 14.3 Å². The number of carbonyl (C=O) groups is 1. The van der Waals surface area contributed by atoms with Crippen molar-refractivity contribution >= 4 is 17.4 Å². The molecule has 0 amide bonds. The number of carbonyl (C=O) groups excluding carboxylic acids is 1. The van der Waals surface area contributed by atoms with Crippen LogP contribution in [0.15, 0.2) is 6.07 Å². The van der Waals surface area contributed by atoms with E-state index in [4.69, 9.17) is 21.1 Å². The number of ether oxygens (including phenoxy) is 2. The average Bonchev–Trinajstić information content (AvgIpc) is 2.27. The molecule has 1 aromatic rings. The van der Waals surface area contributed by atoms with Crippen LogP contribution in [0.25, 0.3) is 0 Å². The summed E-state index contributed by atoms with van der Waals surface area (Å²) in [6, 6.07) is 1.78. The summed E-state index contributed by atoms with van der Waals surface area (Å²) in [5.74, 6) is 1.25. The van der Waals surface area contributed by atoms with E-state index in [1.54, 1.807) is 27.2 Å². The molecule has 0 radical (unpaired) electrons. The largest absolute Gasteiger partial charge is 0.493 e. The van der Waals surface area contributed by atoms with Crippen LogP contribution < -0.4 is 9.47 Å². The Morgan fingerprint density at radius 3 is 2.29 bits per heavy atom. The van der Waals surface area contributed by atoms with Crippen molar-refractivity contribution in [2.75, 3.05) is 14.2 Å². The zero-order valence-corrected chi connectivity index (χ0v) is 11.4. The molecule has 4 heteroatoms. The molecular formula is C13H17ClO3. The molecule has 94 valence electrons. The average molecular weight is 257 g/mol. The van der Waals surface area contributed by atoms with Crippen molar-refractivity contribution in [1.29, 1.82) is 0 Å². The lowest BCUT2D eigenvalue weighted by Gasteiger charge is -2.16. The zero-order chi connectivity index (χ0) is 13.0. The smallest absolute Gasteiger partial charge is 0.179 e. The number of hydrogen-bond acceptors (Lipinski definition) is 3. The molecule has 0 aliphatic heterocycles. The van der Waals surface area contributed by atoms with Crippen molar-refractivity contribution in [3.63, 3.8) is 0 Å². The summed E-state index contributed by atoms with van der Waals surface area (Å²) < 4.78 is 10.6. The Morgan fingerprint density at radius 2 is 1.88 bits per heavy atom. The van der Waals surface area contributed by atoms with Gasteiger partial charge in [0, 0.05) is 12.0 Å². The van der Waals surface area contributed by atoms with Gasteiger partial charge < -0.3 is 9.47 Å². The fourth-order valence-corrected chi connectivity index (χ4v) is 2.21. The summed E-state index contributed by atoms with van der Waals surface area (Å²) in [5.41, 5.74) is 1.88. The molecule has 0 heterocycles. The van der Waals surface area contributed by atoms with Gasteiger partial charge in [0.2, 0.25) is 0 Å². The third-order valence-electron chi connectivity index (χ3n) is 2.59. The van der Waals surface area contributed by atoms with Gasteiger partial charge in [-0.3, -0.25) is 4.79 Å². The zero-order valence-electron chi connectivity index (χ0n) is 10.6. The highest BCUT2D eigenvalue weighted by Gasteiger charge is 2.18. The topological polar surface area (TPSA) is 35.5 Å². The highest BCUT2D eigenvalue weighted by atomic mass is 35.5. The van der Waals surface area contributed by atoms with Crippen LogP contribution in [0, 0.1) is 0 Å². The van der Waals surface area contributed by atoms with Crippen molar-refractivity contribution in [1.82, 2.24) is 0 Å². The van der Waals surface area contributed by atoms with E-state index < -0.39 is 0 Å². The van der Waals surface area contributed by atoms with E-state index in [0.29, 0.717) is 22.9 Å². The lowest BCUT2D eigenvalue weighted by atomic mass is 9.99. The summed E-state index contributed by atoms with van der Waals surface area (Å²) in [7, 11) is 3.12. The van der Waals surface area contributed by atoms with Gasteiger partial charge in [0.25, 0.3) is 0 Å². The van der Waals surface area contributed by atoms with Gasteiger partial charge in [-0.05, 0) is 25.0 Å². The van der Waals surface area contributed by atoms with Crippen molar-refractivity contribution in [3.8, 4) is 11.5 Å². The second-order valence-corrected chi connectivity index (χ2v) is 4.20. The SMILES string of the molecule is CCc1c(CC(C)=O)cc(Cl)c(OC)c1OC. The molecule has 17 heavy (non-hydrogen) atoms. The van der Waals surface area contributed by atoms with Crippen molar-refractivity contribution in [2.24, 2.45) is 0 Å². The monoisotopic (exact) mass is 256 g/mol. The molecule has 0 fully saturated rings. The molecule has 0 atom stereocenters. The van der Waals surface area contributed by atoms with E-state index in [-0.39, 0.29) is 5.78 Å². The van der Waals surface area contributed by atoms with Crippen molar-refractivity contribution in [3.05, 3.63) is 22.2 Å². The normalized spacial score (nSPS) is 10.2. The number of methoxy groups -OCH3 is 2. The minimum atomic E-state index is 0.1000. The molecule has 3 nitrogen and oxygen atoms in total. The van der Waals surface area contributed by atoms with E-state index in [2.05, 4.69) is 0 Å². The third kappa shape index (κ3) is 2.91. The van der Waals surface area contributed by atoms with Crippen LogP contribution in [0.4, 0.5) is 0 Å². The van der Waals surface area contributed by atoms with Crippen molar-refractivity contribution in [2.45, 2.75) is 26.7 Å². The molecule has 1 rings (SSSR count). The lowest BCUT2D eigenvalue weighted by Crippen LogP contribution is -2.04. The number of halogens is 1. The molecular weight excluding hydrogens is 240 g/mol. The molecule has 0 bridgehead atoms. The third-order valence-corrected chi connectivity index (χ3v) is 2.87. The fourth-order valence-electron chi connectivity index (χ4n) is 1.92. The molecule has 1 aromatic carbocycles. The van der Waals surface area contributed by atoms with E-state index in [9.17, 15) is 4.79 Å². The number of ketones is 1. The molecule has 0 aliphatic rings. The van der Waals surface area contributed by atoms with Gasteiger partial charge in [0.15, 0.2) is 11.5 Å². The van der Waals surface area contributed by atoms with E-state index in [1.807, 2.05) is 6.92 Å². The predicted molar refractivity (Wildman–Crippen MR) is 68.3 cm³/mol. The number of benzene rings is 1. The fraction of sp³-hybridized carbons (Fsp3) is 0.462. The van der Waals surface area contributed by atoms with Gasteiger partial charge >= 0.3 is 0 Å². The van der Waals surface area contributed by atoms with Gasteiger partial charge in [-0.15, -0.1) is 0 Å². The highest BCUT2D eigenvalue weighted by Crippen LogP contribution is 2.40. The van der Waals surface area contributed by atoms with Crippen LogP contribution in [-0.4, -0.2) is 20.0 Å². The predicted octanol–water partition coefficient (Wildman–Crippen LogP) is 3.05. The molecule has 0 saturated carbocycles. The Balaban J connectivity index is 3.41. The number of rotatable bonds is 5. The Bertz CT molecular complexity index is 427. The summed E-state index contributed by atoms with van der Waals surface area (Å²) in [4.78, 5) is 11.2. The second-order valence-electron chi connectivity index (χ2n) is 3.79. The maximum Gasteiger partial charge on any atom is 0.179 e. The quantitative estimate of drug-likeness (QED) is 0.812. The Hall–Kier alpha value is -1.22. The first-order chi connectivity index (χ1) is 8.04.